The van der Waals surface area contributed by atoms with Crippen molar-refractivity contribution in [3.63, 3.8) is 0 Å². The number of rotatable bonds is 7. The van der Waals surface area contributed by atoms with Crippen LogP contribution in [0.1, 0.15) is 51.5 Å². The molecule has 1 saturated heterocycles. The van der Waals surface area contributed by atoms with Crippen LogP contribution in [0.4, 0.5) is 0 Å². The highest BCUT2D eigenvalue weighted by Crippen LogP contribution is 2.46. The Kier molecular flexibility index (Phi) is 6.72. The summed E-state index contributed by atoms with van der Waals surface area (Å²) in [6.07, 6.45) is 5.98. The maximum absolute atomic E-state index is 13.1. The zero-order valence-corrected chi connectivity index (χ0v) is 17.4. The Labute approximate surface area is 163 Å². The number of benzene rings is 1. The molecule has 6 heteroatoms. The summed E-state index contributed by atoms with van der Waals surface area (Å²) >= 11 is 7.06. The molecule has 1 atom stereocenters. The minimum absolute atomic E-state index is 0.143. The first-order valence-electron chi connectivity index (χ1n) is 9.15. The fourth-order valence-electron chi connectivity index (χ4n) is 3.23. The number of hydrogen-bond donors (Lipinski definition) is 0. The van der Waals surface area contributed by atoms with Crippen molar-refractivity contribution in [1.82, 2.24) is 9.21 Å². The van der Waals surface area contributed by atoms with Crippen LogP contribution in [-0.2, 0) is 11.3 Å². The molecule has 3 rings (SSSR count). The monoisotopic (exact) mass is 394 g/mol. The smallest absolute Gasteiger partial charge is 0.273 e. The lowest BCUT2D eigenvalue weighted by atomic mass is 10.1. The second-order valence-corrected chi connectivity index (χ2v) is 10.2. The second-order valence-electron chi connectivity index (χ2n) is 6.37. The molecule has 136 valence electrons. The molecule has 0 N–H and O–H groups in total. The first-order valence-corrected chi connectivity index (χ1v) is 11.6. The molecule has 0 radical (unpaired) electrons. The molecule has 1 amide bonds. The number of unbranched alkanes of at least 4 members (excludes halogenated alkanes) is 4. The van der Waals surface area contributed by atoms with E-state index in [4.69, 9.17) is 12.2 Å². The topological polar surface area (TPSA) is 23.6 Å². The van der Waals surface area contributed by atoms with Crippen LogP contribution in [0.15, 0.2) is 29.2 Å². The van der Waals surface area contributed by atoms with Crippen molar-refractivity contribution in [1.29, 1.82) is 0 Å². The summed E-state index contributed by atoms with van der Waals surface area (Å²) in [5, 5.41) is 0. The fourth-order valence-corrected chi connectivity index (χ4v) is 7.70. The molecule has 25 heavy (non-hydrogen) atoms. The molecule has 1 aromatic rings. The van der Waals surface area contributed by atoms with Gasteiger partial charge in [0, 0.05) is 24.5 Å². The number of fused-ring (bicyclic) bond motifs is 1. The highest BCUT2D eigenvalue weighted by molar-refractivity contribution is 8.45. The van der Waals surface area contributed by atoms with Crippen molar-refractivity contribution >= 4 is 49.1 Å². The van der Waals surface area contributed by atoms with Gasteiger partial charge >= 0.3 is 0 Å². The Morgan fingerprint density at radius 1 is 1.16 bits per heavy atom. The van der Waals surface area contributed by atoms with Crippen molar-refractivity contribution in [3.8, 4) is 0 Å². The predicted octanol–water partition coefficient (Wildman–Crippen LogP) is 5.03. The summed E-state index contributed by atoms with van der Waals surface area (Å²) in [7, 11) is -0.263. The van der Waals surface area contributed by atoms with E-state index in [0.29, 0.717) is 0 Å². The zero-order chi connectivity index (χ0) is 17.8. The van der Waals surface area contributed by atoms with E-state index in [-0.39, 0.29) is 16.6 Å². The SMILES string of the molecule is CCCCCCCN1C(=O)C(=S2c3ccccc3CN2CC)SC1=S. The van der Waals surface area contributed by atoms with Gasteiger partial charge in [0.05, 0.1) is 0 Å². The maximum Gasteiger partial charge on any atom is 0.273 e. The molecule has 0 spiro atoms. The van der Waals surface area contributed by atoms with Crippen molar-refractivity contribution in [2.75, 3.05) is 13.1 Å². The molecule has 2 heterocycles. The Bertz CT molecular complexity index is 702. The molecule has 1 aromatic carbocycles. The lowest BCUT2D eigenvalue weighted by Gasteiger charge is -2.18. The lowest BCUT2D eigenvalue weighted by Crippen LogP contribution is -2.31. The van der Waals surface area contributed by atoms with Gasteiger partial charge in [-0.05, 0) is 29.8 Å². The van der Waals surface area contributed by atoms with E-state index in [2.05, 4.69) is 42.4 Å². The van der Waals surface area contributed by atoms with Gasteiger partial charge in [-0.15, -0.1) is 0 Å². The predicted molar refractivity (Wildman–Crippen MR) is 114 cm³/mol. The minimum atomic E-state index is -0.263. The normalized spacial score (nSPS) is 22.1. The van der Waals surface area contributed by atoms with Crippen LogP contribution >= 0.6 is 34.6 Å². The van der Waals surface area contributed by atoms with Gasteiger partial charge in [0.15, 0.2) is 0 Å². The first kappa shape index (κ1) is 19.1. The van der Waals surface area contributed by atoms with Gasteiger partial charge in [-0.1, -0.05) is 80.6 Å². The van der Waals surface area contributed by atoms with E-state index < -0.39 is 0 Å². The number of carbonyl (C=O) groups is 1. The van der Waals surface area contributed by atoms with Gasteiger partial charge in [0.2, 0.25) is 0 Å². The summed E-state index contributed by atoms with van der Waals surface area (Å²) in [6.45, 7) is 7.02. The minimum Gasteiger partial charge on any atom is -0.292 e. The summed E-state index contributed by atoms with van der Waals surface area (Å²) in [6, 6.07) is 8.51. The Morgan fingerprint density at radius 3 is 2.68 bits per heavy atom. The van der Waals surface area contributed by atoms with Gasteiger partial charge in [-0.2, -0.15) is 0 Å². The number of carbonyl (C=O) groups excluding carboxylic acids is 1. The van der Waals surface area contributed by atoms with Crippen LogP contribution in [-0.4, -0.2) is 36.7 Å². The number of thiocarbonyl (C=S) groups is 1. The standard InChI is InChI=1S/C19H26N2OS3/c1-3-5-6-7-10-13-21-17(22)18(24-19(21)23)25-16-12-9-8-11-15(16)14-20(25)4-2/h8-9,11-12H,3-7,10,13-14H2,1-2H3. The summed E-state index contributed by atoms with van der Waals surface area (Å²) in [4.78, 5) is 16.2. The quantitative estimate of drug-likeness (QED) is 0.478. The average molecular weight is 395 g/mol. The summed E-state index contributed by atoms with van der Waals surface area (Å²) < 4.78 is 4.06. The van der Waals surface area contributed by atoms with Crippen LogP contribution in [0.25, 0.3) is 0 Å². The van der Waals surface area contributed by atoms with E-state index in [1.54, 1.807) is 0 Å². The molecule has 0 bridgehead atoms. The highest BCUT2D eigenvalue weighted by atomic mass is 32.2. The van der Waals surface area contributed by atoms with Crippen LogP contribution in [0.5, 0.6) is 0 Å². The summed E-state index contributed by atoms with van der Waals surface area (Å²) in [5.41, 5.74) is 1.34. The highest BCUT2D eigenvalue weighted by Gasteiger charge is 2.37. The number of amides is 1. The molecule has 0 aromatic heterocycles. The van der Waals surface area contributed by atoms with E-state index in [0.717, 1.165) is 34.6 Å². The van der Waals surface area contributed by atoms with Crippen molar-refractivity contribution in [2.45, 2.75) is 57.4 Å². The Balaban J connectivity index is 1.79. The van der Waals surface area contributed by atoms with E-state index >= 15 is 0 Å². The maximum atomic E-state index is 13.1. The molecule has 2 aliphatic heterocycles. The third-order valence-electron chi connectivity index (χ3n) is 4.62. The molecule has 0 aliphatic carbocycles. The van der Waals surface area contributed by atoms with Crippen LogP contribution < -0.4 is 0 Å². The van der Waals surface area contributed by atoms with Gasteiger partial charge in [0.25, 0.3) is 5.91 Å². The molecule has 2 aliphatic rings. The third kappa shape index (κ3) is 4.02. The second kappa shape index (κ2) is 8.80. The van der Waals surface area contributed by atoms with Crippen LogP contribution in [0.2, 0.25) is 0 Å². The van der Waals surface area contributed by atoms with Gasteiger partial charge in [0.1, 0.15) is 8.52 Å². The van der Waals surface area contributed by atoms with Gasteiger partial charge in [-0.3, -0.25) is 9.69 Å². The molecular formula is C19H26N2OS3. The van der Waals surface area contributed by atoms with E-state index in [1.807, 2.05) is 4.90 Å². The number of nitrogens with zero attached hydrogens (tertiary/aromatic N) is 2. The molecule has 1 fully saturated rings. The molecule has 3 nitrogen and oxygen atoms in total. The average Bonchev–Trinajstić information content (AvgIpc) is 3.12. The lowest BCUT2D eigenvalue weighted by molar-refractivity contribution is -0.119. The van der Waals surface area contributed by atoms with Crippen molar-refractivity contribution in [3.05, 3.63) is 29.8 Å². The Hall–Kier alpha value is -0.690. The third-order valence-corrected chi connectivity index (χ3v) is 8.81. The van der Waals surface area contributed by atoms with Crippen molar-refractivity contribution in [2.24, 2.45) is 0 Å². The fraction of sp³-hybridized carbons (Fsp3) is 0.526. The van der Waals surface area contributed by atoms with Crippen molar-refractivity contribution < 1.29 is 4.79 Å². The largest absolute Gasteiger partial charge is 0.292 e. The van der Waals surface area contributed by atoms with E-state index in [9.17, 15) is 4.79 Å². The van der Waals surface area contributed by atoms with Crippen LogP contribution in [0, 0.1) is 0 Å². The van der Waals surface area contributed by atoms with E-state index in [1.165, 1.54) is 47.9 Å². The van der Waals surface area contributed by atoms with Crippen LogP contribution in [0.3, 0.4) is 0 Å². The van der Waals surface area contributed by atoms with Gasteiger partial charge < -0.3 is 0 Å². The number of thioether (sulfide) groups is 1. The molecule has 0 saturated carbocycles. The molecule has 1 unspecified atom stereocenters. The molecular weight excluding hydrogens is 368 g/mol. The zero-order valence-electron chi connectivity index (χ0n) is 15.0. The number of hydrogen-bond acceptors (Lipinski definition) is 4. The summed E-state index contributed by atoms with van der Waals surface area (Å²) in [5.74, 6) is 0.143. The van der Waals surface area contributed by atoms with Gasteiger partial charge in [-0.25, -0.2) is 4.31 Å². The first-order chi connectivity index (χ1) is 12.2. The Morgan fingerprint density at radius 2 is 1.92 bits per heavy atom.